The second-order valence-corrected chi connectivity index (χ2v) is 4.22. The first-order valence-electron chi connectivity index (χ1n) is 4.95. The summed E-state index contributed by atoms with van der Waals surface area (Å²) in [5.74, 6) is 0.184. The van der Waals surface area contributed by atoms with Crippen molar-refractivity contribution in [3.05, 3.63) is 49.2 Å². The van der Waals surface area contributed by atoms with Gasteiger partial charge in [0.25, 0.3) is 11.2 Å². The van der Waals surface area contributed by atoms with Crippen LogP contribution >= 0.6 is 15.9 Å². The number of aromatic nitrogens is 2. The summed E-state index contributed by atoms with van der Waals surface area (Å²) < 4.78 is 5.41. The van der Waals surface area contributed by atoms with Crippen molar-refractivity contribution >= 4 is 27.6 Å². The number of halogens is 1. The zero-order chi connectivity index (χ0) is 14.0. The highest BCUT2D eigenvalue weighted by molar-refractivity contribution is 9.10. The lowest BCUT2D eigenvalue weighted by Gasteiger charge is -2.06. The summed E-state index contributed by atoms with van der Waals surface area (Å²) in [5.41, 5.74) is 4.84. The minimum absolute atomic E-state index is 0.0184. The van der Waals surface area contributed by atoms with Gasteiger partial charge in [0.15, 0.2) is 0 Å². The Morgan fingerprint density at radius 2 is 2.00 bits per heavy atom. The van der Waals surface area contributed by atoms with E-state index in [2.05, 4.69) is 25.9 Å². The molecule has 0 fully saturated rings. The third kappa shape index (κ3) is 2.88. The van der Waals surface area contributed by atoms with Gasteiger partial charge in [-0.1, -0.05) is 0 Å². The van der Waals surface area contributed by atoms with Crippen LogP contribution in [0, 0.1) is 10.1 Å². The number of H-pyrrole nitrogens is 1. The van der Waals surface area contributed by atoms with E-state index in [-0.39, 0.29) is 22.0 Å². The number of rotatable bonds is 3. The summed E-state index contributed by atoms with van der Waals surface area (Å²) in [4.78, 5) is 27.5. The van der Waals surface area contributed by atoms with Crippen molar-refractivity contribution in [2.75, 3.05) is 5.73 Å². The molecular formula is C10H7BrN4O4. The Kier molecular flexibility index (Phi) is 3.47. The van der Waals surface area contributed by atoms with E-state index in [1.165, 1.54) is 24.3 Å². The molecule has 0 saturated heterocycles. The summed E-state index contributed by atoms with van der Waals surface area (Å²) in [7, 11) is 0. The van der Waals surface area contributed by atoms with Crippen LogP contribution in [0.2, 0.25) is 0 Å². The lowest BCUT2D eigenvalue weighted by atomic mass is 10.3. The number of benzene rings is 1. The smallest absolute Gasteiger partial charge is 0.270 e. The number of nitrogens with zero attached hydrogens (tertiary/aromatic N) is 2. The molecule has 98 valence electrons. The van der Waals surface area contributed by atoms with Crippen LogP contribution in [0.4, 0.5) is 11.6 Å². The highest BCUT2D eigenvalue weighted by Crippen LogP contribution is 2.26. The Balaban J connectivity index is 2.31. The van der Waals surface area contributed by atoms with Gasteiger partial charge in [-0.3, -0.25) is 19.9 Å². The second-order valence-electron chi connectivity index (χ2n) is 3.42. The van der Waals surface area contributed by atoms with Gasteiger partial charge in [0.1, 0.15) is 10.2 Å². The average Bonchev–Trinajstić information content (AvgIpc) is 2.36. The number of nitro groups is 1. The van der Waals surface area contributed by atoms with E-state index in [9.17, 15) is 14.9 Å². The van der Waals surface area contributed by atoms with Gasteiger partial charge in [-0.05, 0) is 28.1 Å². The largest absolute Gasteiger partial charge is 0.438 e. The Bertz CT molecular complexity index is 683. The number of anilines is 1. The highest BCUT2D eigenvalue weighted by Gasteiger charge is 2.11. The summed E-state index contributed by atoms with van der Waals surface area (Å²) >= 11 is 3.01. The van der Waals surface area contributed by atoms with E-state index < -0.39 is 10.5 Å². The zero-order valence-electron chi connectivity index (χ0n) is 9.29. The van der Waals surface area contributed by atoms with Crippen molar-refractivity contribution in [2.45, 2.75) is 0 Å². The molecule has 2 rings (SSSR count). The number of nitrogen functional groups attached to an aromatic ring is 1. The van der Waals surface area contributed by atoms with Gasteiger partial charge in [-0.15, -0.1) is 0 Å². The van der Waals surface area contributed by atoms with E-state index in [1.807, 2.05) is 0 Å². The molecule has 1 aromatic carbocycles. The number of hydrogen-bond acceptors (Lipinski definition) is 6. The average molecular weight is 327 g/mol. The number of hydrogen-bond donors (Lipinski definition) is 2. The van der Waals surface area contributed by atoms with Crippen molar-refractivity contribution in [1.82, 2.24) is 9.97 Å². The Morgan fingerprint density at radius 3 is 2.58 bits per heavy atom. The molecule has 8 nitrogen and oxygen atoms in total. The first kappa shape index (κ1) is 13.0. The van der Waals surface area contributed by atoms with E-state index in [1.54, 1.807) is 0 Å². The number of nitrogens with one attached hydrogen (secondary N) is 1. The van der Waals surface area contributed by atoms with E-state index in [0.717, 1.165) is 0 Å². The van der Waals surface area contributed by atoms with Crippen molar-refractivity contribution in [3.8, 4) is 11.6 Å². The minimum atomic E-state index is -0.525. The van der Waals surface area contributed by atoms with Crippen LogP contribution in [-0.2, 0) is 0 Å². The molecule has 0 amide bonds. The van der Waals surface area contributed by atoms with Gasteiger partial charge in [-0.25, -0.2) is 0 Å². The number of ether oxygens (including phenoxy) is 1. The first-order valence-corrected chi connectivity index (χ1v) is 5.74. The number of non-ortho nitro benzene ring substituents is 1. The third-order valence-electron chi connectivity index (χ3n) is 2.11. The quantitative estimate of drug-likeness (QED) is 0.654. The maximum Gasteiger partial charge on any atom is 0.270 e. The van der Waals surface area contributed by atoms with Crippen LogP contribution < -0.4 is 16.0 Å². The van der Waals surface area contributed by atoms with Gasteiger partial charge in [0, 0.05) is 12.1 Å². The molecule has 0 saturated carbocycles. The summed E-state index contributed by atoms with van der Waals surface area (Å²) in [6, 6.07) is 5.34. The Morgan fingerprint density at radius 1 is 1.37 bits per heavy atom. The fraction of sp³-hybridized carbons (Fsp3) is 0. The monoisotopic (exact) mass is 326 g/mol. The van der Waals surface area contributed by atoms with E-state index in [4.69, 9.17) is 10.5 Å². The van der Waals surface area contributed by atoms with Gasteiger partial charge >= 0.3 is 0 Å². The van der Waals surface area contributed by atoms with Crippen LogP contribution in [0.1, 0.15) is 0 Å². The van der Waals surface area contributed by atoms with Crippen LogP contribution in [0.25, 0.3) is 0 Å². The zero-order valence-corrected chi connectivity index (χ0v) is 10.9. The van der Waals surface area contributed by atoms with Gasteiger partial charge in [0.05, 0.1) is 4.92 Å². The van der Waals surface area contributed by atoms with Crippen molar-refractivity contribution < 1.29 is 9.66 Å². The molecule has 1 aromatic heterocycles. The SMILES string of the molecule is Nc1nc(Oc2ccc([N+](=O)[O-])cc2)c(Br)c(=O)[nH]1. The maximum absolute atomic E-state index is 11.4. The molecule has 9 heteroatoms. The summed E-state index contributed by atoms with van der Waals surface area (Å²) in [6.45, 7) is 0. The molecule has 0 unspecified atom stereocenters. The maximum atomic E-state index is 11.4. The molecule has 0 aliphatic rings. The lowest BCUT2D eigenvalue weighted by molar-refractivity contribution is -0.384. The van der Waals surface area contributed by atoms with Gasteiger partial charge < -0.3 is 10.5 Å². The molecule has 3 N–H and O–H groups in total. The normalized spacial score (nSPS) is 10.2. The van der Waals surface area contributed by atoms with Gasteiger partial charge in [0.2, 0.25) is 11.8 Å². The molecular weight excluding hydrogens is 320 g/mol. The standard InChI is InChI=1S/C10H7BrN4O4/c11-7-8(16)13-10(12)14-9(7)19-6-3-1-5(2-4-6)15(17)18/h1-4H,(H3,12,13,14,16). The molecule has 1 heterocycles. The fourth-order valence-electron chi connectivity index (χ4n) is 1.27. The minimum Gasteiger partial charge on any atom is -0.438 e. The molecule has 0 spiro atoms. The summed E-state index contributed by atoms with van der Waals surface area (Å²) in [6.07, 6.45) is 0. The topological polar surface area (TPSA) is 124 Å². The van der Waals surface area contributed by atoms with Crippen molar-refractivity contribution in [3.63, 3.8) is 0 Å². The lowest BCUT2D eigenvalue weighted by Crippen LogP contribution is -2.12. The van der Waals surface area contributed by atoms with Crippen LogP contribution in [-0.4, -0.2) is 14.9 Å². The molecule has 0 radical (unpaired) electrons. The number of nitro benzene ring substituents is 1. The molecule has 0 bridgehead atoms. The fourth-order valence-corrected chi connectivity index (χ4v) is 1.54. The highest BCUT2D eigenvalue weighted by atomic mass is 79.9. The Labute approximate surface area is 114 Å². The van der Waals surface area contributed by atoms with Crippen LogP contribution in [0.3, 0.4) is 0 Å². The van der Waals surface area contributed by atoms with Crippen LogP contribution in [0.5, 0.6) is 11.6 Å². The predicted molar refractivity (Wildman–Crippen MR) is 70.1 cm³/mol. The molecule has 0 atom stereocenters. The van der Waals surface area contributed by atoms with Crippen molar-refractivity contribution in [1.29, 1.82) is 0 Å². The molecule has 0 aliphatic carbocycles. The number of nitrogens with two attached hydrogens (primary N) is 1. The molecule has 0 aliphatic heterocycles. The Hall–Kier alpha value is -2.42. The summed E-state index contributed by atoms with van der Waals surface area (Å²) in [5, 5.41) is 10.5. The van der Waals surface area contributed by atoms with Crippen molar-refractivity contribution in [2.24, 2.45) is 0 Å². The molecule has 2 aromatic rings. The van der Waals surface area contributed by atoms with Gasteiger partial charge in [-0.2, -0.15) is 4.98 Å². The van der Waals surface area contributed by atoms with E-state index >= 15 is 0 Å². The van der Waals surface area contributed by atoms with Crippen LogP contribution in [0.15, 0.2) is 33.5 Å². The van der Waals surface area contributed by atoms with E-state index in [0.29, 0.717) is 5.75 Å². The third-order valence-corrected chi connectivity index (χ3v) is 2.81. The predicted octanol–water partition coefficient (Wildman–Crippen LogP) is 1.82. The first-order chi connectivity index (χ1) is 8.97. The number of aromatic amines is 1. The molecule has 19 heavy (non-hydrogen) atoms. The second kappa shape index (κ2) is 5.06.